The average Bonchev–Trinajstić information content (AvgIpc) is 2.26. The third-order valence-corrected chi connectivity index (χ3v) is 4.55. The van der Waals surface area contributed by atoms with Crippen LogP contribution in [-0.2, 0) is 0 Å². The number of hydrogen-bond acceptors (Lipinski definition) is 2. The van der Waals surface area contributed by atoms with Crippen LogP contribution in [0.25, 0.3) is 0 Å². The highest BCUT2D eigenvalue weighted by atomic mass is 79.9. The van der Waals surface area contributed by atoms with Crippen LogP contribution < -0.4 is 10.1 Å². The Balaban J connectivity index is 1.99. The summed E-state index contributed by atoms with van der Waals surface area (Å²) in [5, 5.41) is 3.52. The molecule has 0 bridgehead atoms. The van der Waals surface area contributed by atoms with Gasteiger partial charge in [0.2, 0.25) is 0 Å². The van der Waals surface area contributed by atoms with Gasteiger partial charge in [-0.2, -0.15) is 0 Å². The Bertz CT molecular complexity index is 452. The highest BCUT2D eigenvalue weighted by Gasteiger charge is 2.42. The van der Waals surface area contributed by atoms with Crippen LogP contribution >= 0.6 is 15.9 Å². The van der Waals surface area contributed by atoms with Crippen molar-refractivity contribution >= 4 is 21.6 Å². The van der Waals surface area contributed by atoms with Gasteiger partial charge in [0.15, 0.2) is 0 Å². The molecule has 1 aromatic carbocycles. The lowest BCUT2D eigenvalue weighted by Crippen LogP contribution is -2.51. The molecule has 3 rings (SSSR count). The summed E-state index contributed by atoms with van der Waals surface area (Å²) in [5.74, 6) is 1.55. The maximum Gasteiger partial charge on any atom is 0.144 e. The largest absolute Gasteiger partial charge is 0.483 e. The van der Waals surface area contributed by atoms with Gasteiger partial charge >= 0.3 is 0 Å². The molecular formula is C14H18BrNO. The van der Waals surface area contributed by atoms with Gasteiger partial charge in [0.25, 0.3) is 0 Å². The molecule has 0 radical (unpaired) electrons. The van der Waals surface area contributed by atoms with Crippen molar-refractivity contribution in [3.63, 3.8) is 0 Å². The SMILES string of the molecule is CC(C)c1cc(Br)c2c(c1)OC1(CCC1)CN2. The maximum absolute atomic E-state index is 6.23. The number of anilines is 1. The zero-order valence-electron chi connectivity index (χ0n) is 10.3. The predicted molar refractivity (Wildman–Crippen MR) is 73.9 cm³/mol. The van der Waals surface area contributed by atoms with Gasteiger partial charge < -0.3 is 10.1 Å². The predicted octanol–water partition coefficient (Wildman–Crippen LogP) is 4.30. The van der Waals surface area contributed by atoms with E-state index < -0.39 is 0 Å². The summed E-state index contributed by atoms with van der Waals surface area (Å²) in [7, 11) is 0. The quantitative estimate of drug-likeness (QED) is 0.834. The Labute approximate surface area is 111 Å². The van der Waals surface area contributed by atoms with E-state index in [1.807, 2.05) is 0 Å². The first-order chi connectivity index (χ1) is 8.10. The molecule has 92 valence electrons. The minimum absolute atomic E-state index is 0.0854. The van der Waals surface area contributed by atoms with Crippen molar-refractivity contribution in [1.82, 2.24) is 0 Å². The number of halogens is 1. The first-order valence-corrected chi connectivity index (χ1v) is 7.15. The molecule has 3 heteroatoms. The van der Waals surface area contributed by atoms with Crippen LogP contribution in [0.1, 0.15) is 44.6 Å². The molecule has 0 atom stereocenters. The lowest BCUT2D eigenvalue weighted by molar-refractivity contribution is 0.0000324. The topological polar surface area (TPSA) is 21.3 Å². The molecule has 1 aliphatic heterocycles. The van der Waals surface area contributed by atoms with Crippen molar-refractivity contribution in [1.29, 1.82) is 0 Å². The van der Waals surface area contributed by atoms with Gasteiger partial charge in [-0.3, -0.25) is 0 Å². The maximum atomic E-state index is 6.23. The fourth-order valence-corrected chi connectivity index (χ4v) is 3.16. The normalized spacial score (nSPS) is 20.5. The van der Waals surface area contributed by atoms with E-state index in [1.165, 1.54) is 24.8 Å². The van der Waals surface area contributed by atoms with Gasteiger partial charge in [-0.25, -0.2) is 0 Å². The van der Waals surface area contributed by atoms with Gasteiger partial charge in [0.05, 0.1) is 12.2 Å². The molecular weight excluding hydrogens is 278 g/mol. The van der Waals surface area contributed by atoms with Crippen LogP contribution in [-0.4, -0.2) is 12.1 Å². The number of fused-ring (bicyclic) bond motifs is 1. The van der Waals surface area contributed by atoms with Crippen LogP contribution in [0.4, 0.5) is 5.69 Å². The van der Waals surface area contributed by atoms with Crippen LogP contribution in [0.15, 0.2) is 16.6 Å². The average molecular weight is 296 g/mol. The van der Waals surface area contributed by atoms with Gasteiger partial charge in [-0.1, -0.05) is 13.8 Å². The molecule has 1 aliphatic carbocycles. The van der Waals surface area contributed by atoms with Crippen LogP contribution in [0.2, 0.25) is 0 Å². The monoisotopic (exact) mass is 295 g/mol. The number of benzene rings is 1. The van der Waals surface area contributed by atoms with E-state index >= 15 is 0 Å². The van der Waals surface area contributed by atoms with E-state index in [9.17, 15) is 0 Å². The fourth-order valence-electron chi connectivity index (χ4n) is 2.56. The molecule has 0 saturated heterocycles. The standard InChI is InChI=1S/C14H18BrNO/c1-9(2)10-6-11(15)13-12(7-10)17-14(8-16-13)4-3-5-14/h6-7,9,16H,3-5,8H2,1-2H3. The summed E-state index contributed by atoms with van der Waals surface area (Å²) in [6.45, 7) is 5.37. The Morgan fingerprint density at radius 3 is 2.71 bits per heavy atom. The van der Waals surface area contributed by atoms with Crippen LogP contribution in [0, 0.1) is 0 Å². The minimum atomic E-state index is 0.0854. The van der Waals surface area contributed by atoms with E-state index in [2.05, 4.69) is 47.2 Å². The Morgan fingerprint density at radius 2 is 2.12 bits per heavy atom. The minimum Gasteiger partial charge on any atom is -0.483 e. The highest BCUT2D eigenvalue weighted by molar-refractivity contribution is 9.10. The summed E-state index contributed by atoms with van der Waals surface area (Å²) < 4.78 is 7.35. The Morgan fingerprint density at radius 1 is 1.35 bits per heavy atom. The zero-order valence-corrected chi connectivity index (χ0v) is 11.9. The molecule has 0 aromatic heterocycles. The Kier molecular flexibility index (Phi) is 2.62. The summed E-state index contributed by atoms with van der Waals surface area (Å²) in [5.41, 5.74) is 2.53. The van der Waals surface area contributed by atoms with Gasteiger partial charge in [-0.15, -0.1) is 0 Å². The number of rotatable bonds is 1. The van der Waals surface area contributed by atoms with Crippen molar-refractivity contribution in [3.05, 3.63) is 22.2 Å². The first-order valence-electron chi connectivity index (χ1n) is 6.36. The second-order valence-corrected chi connectivity index (χ2v) is 6.38. The zero-order chi connectivity index (χ0) is 12.0. The lowest BCUT2D eigenvalue weighted by atomic mass is 9.79. The van der Waals surface area contributed by atoms with Crippen LogP contribution in [0.3, 0.4) is 0 Å². The van der Waals surface area contributed by atoms with E-state index in [-0.39, 0.29) is 5.60 Å². The molecule has 1 heterocycles. The molecule has 17 heavy (non-hydrogen) atoms. The van der Waals surface area contributed by atoms with E-state index in [0.717, 1.165) is 22.5 Å². The number of nitrogens with one attached hydrogen (secondary N) is 1. The van der Waals surface area contributed by atoms with E-state index in [4.69, 9.17) is 4.74 Å². The molecule has 2 nitrogen and oxygen atoms in total. The van der Waals surface area contributed by atoms with E-state index in [1.54, 1.807) is 0 Å². The third-order valence-electron chi connectivity index (χ3n) is 3.92. The van der Waals surface area contributed by atoms with Crippen LogP contribution in [0.5, 0.6) is 5.75 Å². The van der Waals surface area contributed by atoms with Crippen molar-refractivity contribution in [2.24, 2.45) is 0 Å². The molecule has 0 amide bonds. The second-order valence-electron chi connectivity index (χ2n) is 5.52. The van der Waals surface area contributed by atoms with Crippen molar-refractivity contribution in [2.45, 2.75) is 44.6 Å². The lowest BCUT2D eigenvalue weighted by Gasteiger charge is -2.45. The summed E-state index contributed by atoms with van der Waals surface area (Å²) in [4.78, 5) is 0. The molecule has 1 aromatic rings. The smallest absolute Gasteiger partial charge is 0.144 e. The van der Waals surface area contributed by atoms with Crippen molar-refractivity contribution < 1.29 is 4.74 Å². The first kappa shape index (κ1) is 11.4. The highest BCUT2D eigenvalue weighted by Crippen LogP contribution is 2.46. The second kappa shape index (κ2) is 3.91. The molecule has 1 spiro atoms. The Hall–Kier alpha value is -0.700. The van der Waals surface area contributed by atoms with Gasteiger partial charge in [0, 0.05) is 4.47 Å². The summed E-state index contributed by atoms with van der Waals surface area (Å²) in [6, 6.07) is 4.38. The van der Waals surface area contributed by atoms with Gasteiger partial charge in [0.1, 0.15) is 11.4 Å². The summed E-state index contributed by atoms with van der Waals surface area (Å²) >= 11 is 3.64. The fraction of sp³-hybridized carbons (Fsp3) is 0.571. The van der Waals surface area contributed by atoms with E-state index in [0.29, 0.717) is 5.92 Å². The molecule has 1 N–H and O–H groups in total. The molecule has 0 unspecified atom stereocenters. The number of ether oxygens (including phenoxy) is 1. The van der Waals surface area contributed by atoms with Gasteiger partial charge in [-0.05, 0) is 58.8 Å². The third kappa shape index (κ3) is 1.85. The number of hydrogen-bond donors (Lipinski definition) is 1. The molecule has 1 saturated carbocycles. The molecule has 1 fully saturated rings. The molecule has 2 aliphatic rings. The van der Waals surface area contributed by atoms with Crippen molar-refractivity contribution in [3.8, 4) is 5.75 Å². The van der Waals surface area contributed by atoms with Crippen molar-refractivity contribution in [2.75, 3.05) is 11.9 Å². The summed E-state index contributed by atoms with van der Waals surface area (Å²) in [6.07, 6.45) is 3.66.